The first-order valence-electron chi connectivity index (χ1n) is 6.23. The molecule has 3 rings (SSSR count). The van der Waals surface area contributed by atoms with Crippen molar-refractivity contribution in [2.45, 2.75) is 0 Å². The fourth-order valence-electron chi connectivity index (χ4n) is 2.14. The number of imidazole rings is 1. The van der Waals surface area contributed by atoms with Crippen molar-refractivity contribution in [3.05, 3.63) is 42.4 Å². The molecular formula is C15H12N4O2. The van der Waals surface area contributed by atoms with Crippen LogP contribution < -0.4 is 9.47 Å². The van der Waals surface area contributed by atoms with E-state index in [0.717, 1.165) is 11.3 Å². The molecule has 0 spiro atoms. The zero-order chi connectivity index (χ0) is 14.8. The van der Waals surface area contributed by atoms with Crippen molar-refractivity contribution in [2.75, 3.05) is 14.2 Å². The molecule has 0 bridgehead atoms. The van der Waals surface area contributed by atoms with Gasteiger partial charge < -0.3 is 13.9 Å². The molecule has 3 aromatic rings. The molecule has 0 aliphatic rings. The average Bonchev–Trinajstić information content (AvgIpc) is 2.97. The lowest BCUT2D eigenvalue weighted by Crippen LogP contribution is -1.92. The Labute approximate surface area is 121 Å². The molecule has 0 aliphatic heterocycles. The van der Waals surface area contributed by atoms with Crippen molar-refractivity contribution < 1.29 is 9.47 Å². The van der Waals surface area contributed by atoms with Gasteiger partial charge in [0.2, 0.25) is 5.65 Å². The summed E-state index contributed by atoms with van der Waals surface area (Å²) in [4.78, 5) is 8.65. The van der Waals surface area contributed by atoms with E-state index in [9.17, 15) is 0 Å². The summed E-state index contributed by atoms with van der Waals surface area (Å²) in [7, 11) is 3.12. The van der Waals surface area contributed by atoms with Crippen molar-refractivity contribution in [2.24, 2.45) is 0 Å². The molecule has 0 N–H and O–H groups in total. The Morgan fingerprint density at radius 1 is 1.24 bits per heavy atom. The molecule has 0 amide bonds. The lowest BCUT2D eigenvalue weighted by Gasteiger charge is -2.05. The summed E-state index contributed by atoms with van der Waals surface area (Å²) in [6.07, 6.45) is 5.31. The molecular weight excluding hydrogens is 268 g/mol. The van der Waals surface area contributed by atoms with Crippen molar-refractivity contribution in [3.63, 3.8) is 0 Å². The maximum Gasteiger partial charge on any atom is 0.258 e. The van der Waals surface area contributed by atoms with Gasteiger partial charge in [0.25, 0.3) is 5.88 Å². The number of hydrogen-bond donors (Lipinski definition) is 0. The Hall–Kier alpha value is -3.07. The number of fused-ring (bicyclic) bond motifs is 1. The second-order valence-electron chi connectivity index (χ2n) is 4.32. The van der Waals surface area contributed by atoms with Crippen LogP contribution in [0.3, 0.4) is 0 Å². The molecule has 0 radical (unpaired) electrons. The highest BCUT2D eigenvalue weighted by molar-refractivity contribution is 5.71. The molecule has 0 aliphatic carbocycles. The predicted octanol–water partition coefficient (Wildman–Crippen LogP) is 2.29. The van der Waals surface area contributed by atoms with Crippen LogP contribution in [-0.4, -0.2) is 28.6 Å². The molecule has 104 valence electrons. The minimum absolute atomic E-state index is 0.455. The van der Waals surface area contributed by atoms with E-state index in [4.69, 9.17) is 14.7 Å². The molecule has 6 heteroatoms. The number of ether oxygens (including phenoxy) is 2. The maximum absolute atomic E-state index is 8.95. The molecule has 2 aromatic heterocycles. The van der Waals surface area contributed by atoms with Crippen molar-refractivity contribution in [3.8, 4) is 29.0 Å². The number of aromatic nitrogens is 3. The molecule has 21 heavy (non-hydrogen) atoms. The van der Waals surface area contributed by atoms with Crippen molar-refractivity contribution in [1.29, 1.82) is 5.26 Å². The van der Waals surface area contributed by atoms with Crippen LogP contribution >= 0.6 is 0 Å². The van der Waals surface area contributed by atoms with Crippen LogP contribution in [0.2, 0.25) is 0 Å². The van der Waals surface area contributed by atoms with Gasteiger partial charge in [0.15, 0.2) is 0 Å². The highest BCUT2D eigenvalue weighted by Gasteiger charge is 2.13. The molecule has 0 saturated carbocycles. The van der Waals surface area contributed by atoms with Gasteiger partial charge in [-0.1, -0.05) is 0 Å². The summed E-state index contributed by atoms with van der Waals surface area (Å²) in [5.41, 5.74) is 2.70. The number of rotatable bonds is 3. The fraction of sp³-hybridized carbons (Fsp3) is 0.133. The van der Waals surface area contributed by atoms with Crippen LogP contribution in [0.4, 0.5) is 0 Å². The van der Waals surface area contributed by atoms with E-state index in [1.165, 1.54) is 0 Å². The van der Waals surface area contributed by atoms with E-state index >= 15 is 0 Å². The third-order valence-corrected chi connectivity index (χ3v) is 3.14. The average molecular weight is 280 g/mol. The number of methoxy groups -OCH3 is 2. The topological polar surface area (TPSA) is 72.4 Å². The molecule has 0 saturated heterocycles. The highest BCUT2D eigenvalue weighted by atomic mass is 16.5. The van der Waals surface area contributed by atoms with Crippen LogP contribution in [-0.2, 0) is 0 Å². The van der Waals surface area contributed by atoms with E-state index in [1.54, 1.807) is 38.7 Å². The van der Waals surface area contributed by atoms with Crippen LogP contribution in [0.15, 0.2) is 36.8 Å². The molecule has 6 nitrogen and oxygen atoms in total. The standard InChI is InChI=1S/C15H12N4O2/c1-20-13-7-10(8-16)3-4-11(13)12-9-19-6-5-17-15(21-2)14(19)18-12/h3-7,9H,1-2H3. The Morgan fingerprint density at radius 3 is 2.81 bits per heavy atom. The quantitative estimate of drug-likeness (QED) is 0.736. The number of benzene rings is 1. The van der Waals surface area contributed by atoms with Crippen LogP contribution in [0.1, 0.15) is 5.56 Å². The SMILES string of the molecule is COc1cc(C#N)ccc1-c1cn2ccnc(OC)c2n1. The van der Waals surface area contributed by atoms with Gasteiger partial charge in [-0.05, 0) is 18.2 Å². The third kappa shape index (κ3) is 2.15. The lowest BCUT2D eigenvalue weighted by molar-refractivity contribution is 0.400. The minimum Gasteiger partial charge on any atom is -0.496 e. The van der Waals surface area contributed by atoms with E-state index in [-0.39, 0.29) is 0 Å². The van der Waals surface area contributed by atoms with E-state index < -0.39 is 0 Å². The molecule has 0 atom stereocenters. The maximum atomic E-state index is 8.95. The molecule has 0 fully saturated rings. The number of nitrogens with zero attached hydrogens (tertiary/aromatic N) is 4. The van der Waals surface area contributed by atoms with E-state index in [1.807, 2.05) is 16.7 Å². The summed E-state index contributed by atoms with van der Waals surface area (Å²) in [6, 6.07) is 7.33. The summed E-state index contributed by atoms with van der Waals surface area (Å²) < 4.78 is 12.4. The largest absolute Gasteiger partial charge is 0.496 e. The van der Waals surface area contributed by atoms with E-state index in [0.29, 0.717) is 22.8 Å². The van der Waals surface area contributed by atoms with Crippen molar-refractivity contribution >= 4 is 5.65 Å². The van der Waals surface area contributed by atoms with Gasteiger partial charge in [-0.25, -0.2) is 9.97 Å². The van der Waals surface area contributed by atoms with Gasteiger partial charge >= 0.3 is 0 Å². The number of hydrogen-bond acceptors (Lipinski definition) is 5. The normalized spacial score (nSPS) is 10.3. The molecule has 1 aromatic carbocycles. The lowest BCUT2D eigenvalue weighted by atomic mass is 10.1. The van der Waals surface area contributed by atoms with Crippen LogP contribution in [0.25, 0.3) is 16.9 Å². The second-order valence-corrected chi connectivity index (χ2v) is 4.32. The number of nitriles is 1. The summed E-state index contributed by atoms with van der Waals surface area (Å²) in [6.45, 7) is 0. The monoisotopic (exact) mass is 280 g/mol. The summed E-state index contributed by atoms with van der Waals surface area (Å²) in [5, 5.41) is 8.95. The molecule has 2 heterocycles. The van der Waals surface area contributed by atoms with Gasteiger partial charge in [-0.15, -0.1) is 0 Å². The van der Waals surface area contributed by atoms with E-state index in [2.05, 4.69) is 16.0 Å². The highest BCUT2D eigenvalue weighted by Crippen LogP contribution is 2.31. The Balaban J connectivity index is 2.19. The van der Waals surface area contributed by atoms with Gasteiger partial charge in [-0.3, -0.25) is 0 Å². The zero-order valence-corrected chi connectivity index (χ0v) is 11.6. The fourth-order valence-corrected chi connectivity index (χ4v) is 2.14. The first-order valence-corrected chi connectivity index (χ1v) is 6.23. The Bertz CT molecular complexity index is 848. The summed E-state index contributed by atoms with van der Waals surface area (Å²) in [5.74, 6) is 1.06. The van der Waals surface area contributed by atoms with Gasteiger partial charge in [0, 0.05) is 24.2 Å². The smallest absolute Gasteiger partial charge is 0.258 e. The second kappa shape index (κ2) is 5.13. The predicted molar refractivity (Wildman–Crippen MR) is 76.2 cm³/mol. The first-order chi connectivity index (χ1) is 10.3. The van der Waals surface area contributed by atoms with Gasteiger partial charge in [0.05, 0.1) is 31.5 Å². The zero-order valence-electron chi connectivity index (χ0n) is 11.6. The van der Waals surface area contributed by atoms with Crippen LogP contribution in [0.5, 0.6) is 11.6 Å². The Kier molecular flexibility index (Phi) is 3.16. The molecule has 0 unspecified atom stereocenters. The van der Waals surface area contributed by atoms with Gasteiger partial charge in [-0.2, -0.15) is 5.26 Å². The first kappa shape index (κ1) is 12.9. The summed E-state index contributed by atoms with van der Waals surface area (Å²) >= 11 is 0. The minimum atomic E-state index is 0.455. The van der Waals surface area contributed by atoms with Gasteiger partial charge in [0.1, 0.15) is 5.75 Å². The Morgan fingerprint density at radius 2 is 2.10 bits per heavy atom. The third-order valence-electron chi connectivity index (χ3n) is 3.14. The van der Waals surface area contributed by atoms with Crippen molar-refractivity contribution in [1.82, 2.24) is 14.4 Å². The van der Waals surface area contributed by atoms with Crippen LogP contribution in [0, 0.1) is 11.3 Å².